The minimum atomic E-state index is 0.329. The van der Waals surface area contributed by atoms with Crippen LogP contribution in [0.15, 0.2) is 59.1 Å². The van der Waals surface area contributed by atoms with Crippen LogP contribution in [0, 0.1) is 17.3 Å². The molecule has 0 radical (unpaired) electrons. The number of halogens is 1. The van der Waals surface area contributed by atoms with E-state index in [9.17, 15) is 0 Å². The Morgan fingerprint density at radius 1 is 1.00 bits per heavy atom. The Morgan fingerprint density at radius 3 is 2.47 bits per heavy atom. The zero-order valence-electron chi connectivity index (χ0n) is 9.07. The first-order chi connectivity index (χ1) is 8.25. The standard InChI is InChI=1S/C15H10BrN/c16-14-8-4-7-13(11-14)15(17)10-9-12-5-2-1-3-6-12/h1-8,11,17H. The van der Waals surface area contributed by atoms with Crippen molar-refractivity contribution in [3.8, 4) is 11.8 Å². The fourth-order valence-corrected chi connectivity index (χ4v) is 1.77. The Hall–Kier alpha value is -1.85. The van der Waals surface area contributed by atoms with Crippen LogP contribution >= 0.6 is 15.9 Å². The Balaban J connectivity index is 2.21. The van der Waals surface area contributed by atoms with Crippen molar-refractivity contribution in [2.24, 2.45) is 0 Å². The summed E-state index contributed by atoms with van der Waals surface area (Å²) in [6.45, 7) is 0. The first-order valence-corrected chi connectivity index (χ1v) is 5.96. The maximum atomic E-state index is 7.88. The van der Waals surface area contributed by atoms with E-state index in [1.807, 2.05) is 54.6 Å². The summed E-state index contributed by atoms with van der Waals surface area (Å²) in [5, 5.41) is 7.88. The number of hydrogen-bond acceptors (Lipinski definition) is 1. The molecule has 1 nitrogen and oxygen atoms in total. The van der Waals surface area contributed by atoms with Gasteiger partial charge >= 0.3 is 0 Å². The lowest BCUT2D eigenvalue weighted by molar-refractivity contribution is 1.49. The van der Waals surface area contributed by atoms with Gasteiger partial charge in [0.25, 0.3) is 0 Å². The third kappa shape index (κ3) is 3.30. The summed E-state index contributed by atoms with van der Waals surface area (Å²) in [6, 6.07) is 17.3. The molecule has 2 rings (SSSR count). The van der Waals surface area contributed by atoms with E-state index >= 15 is 0 Å². The van der Waals surface area contributed by atoms with Gasteiger partial charge in [0.05, 0.1) is 0 Å². The number of rotatable bonds is 1. The van der Waals surface area contributed by atoms with Gasteiger partial charge < -0.3 is 0 Å². The molecule has 0 aliphatic carbocycles. The molecule has 17 heavy (non-hydrogen) atoms. The third-order valence-corrected chi connectivity index (χ3v) is 2.71. The summed E-state index contributed by atoms with van der Waals surface area (Å²) in [6.07, 6.45) is 0. The zero-order valence-corrected chi connectivity index (χ0v) is 10.7. The maximum absolute atomic E-state index is 7.88. The Labute approximate surface area is 109 Å². The lowest BCUT2D eigenvalue weighted by Crippen LogP contribution is -1.94. The second-order valence-corrected chi connectivity index (χ2v) is 4.42. The highest BCUT2D eigenvalue weighted by atomic mass is 79.9. The first-order valence-electron chi connectivity index (χ1n) is 5.17. The molecule has 0 saturated carbocycles. The molecular weight excluding hydrogens is 274 g/mol. The van der Waals surface area contributed by atoms with Crippen LogP contribution in [0.3, 0.4) is 0 Å². The van der Waals surface area contributed by atoms with Crippen molar-refractivity contribution in [2.75, 3.05) is 0 Å². The molecule has 0 saturated heterocycles. The van der Waals surface area contributed by atoms with Crippen LogP contribution in [-0.4, -0.2) is 5.71 Å². The quantitative estimate of drug-likeness (QED) is 0.607. The van der Waals surface area contributed by atoms with Gasteiger partial charge in [0.2, 0.25) is 0 Å². The lowest BCUT2D eigenvalue weighted by Gasteiger charge is -1.96. The molecule has 1 N–H and O–H groups in total. The lowest BCUT2D eigenvalue weighted by atomic mass is 10.1. The summed E-state index contributed by atoms with van der Waals surface area (Å²) in [5.74, 6) is 5.83. The van der Waals surface area contributed by atoms with Gasteiger partial charge in [0.1, 0.15) is 5.71 Å². The molecule has 0 bridgehead atoms. The van der Waals surface area contributed by atoms with Gasteiger partial charge in [-0.25, -0.2) is 0 Å². The summed E-state index contributed by atoms with van der Waals surface area (Å²) in [7, 11) is 0. The predicted octanol–water partition coefficient (Wildman–Crippen LogP) is 3.87. The molecule has 0 aromatic heterocycles. The highest BCUT2D eigenvalue weighted by molar-refractivity contribution is 9.10. The van der Waals surface area contributed by atoms with E-state index in [4.69, 9.17) is 5.41 Å². The average molecular weight is 284 g/mol. The molecular formula is C15H10BrN. The van der Waals surface area contributed by atoms with Crippen molar-refractivity contribution in [2.45, 2.75) is 0 Å². The van der Waals surface area contributed by atoms with E-state index in [1.54, 1.807) is 0 Å². The molecule has 2 heteroatoms. The smallest absolute Gasteiger partial charge is 0.112 e. The summed E-state index contributed by atoms with van der Waals surface area (Å²) in [5.41, 5.74) is 2.07. The van der Waals surface area contributed by atoms with Crippen molar-refractivity contribution in [1.82, 2.24) is 0 Å². The molecule has 0 unspecified atom stereocenters. The van der Waals surface area contributed by atoms with Crippen molar-refractivity contribution in [3.05, 3.63) is 70.2 Å². The Morgan fingerprint density at radius 2 is 1.76 bits per heavy atom. The molecule has 0 aliphatic rings. The topological polar surface area (TPSA) is 23.9 Å². The van der Waals surface area contributed by atoms with E-state index in [0.717, 1.165) is 15.6 Å². The van der Waals surface area contributed by atoms with E-state index in [0.29, 0.717) is 5.71 Å². The third-order valence-electron chi connectivity index (χ3n) is 2.22. The summed E-state index contributed by atoms with van der Waals surface area (Å²) in [4.78, 5) is 0. The van der Waals surface area contributed by atoms with Gasteiger partial charge in [-0.2, -0.15) is 0 Å². The van der Waals surface area contributed by atoms with E-state index in [2.05, 4.69) is 27.8 Å². The molecule has 2 aromatic rings. The van der Waals surface area contributed by atoms with E-state index < -0.39 is 0 Å². The van der Waals surface area contributed by atoms with Gasteiger partial charge in [-0.3, -0.25) is 5.41 Å². The predicted molar refractivity (Wildman–Crippen MR) is 74.3 cm³/mol. The SMILES string of the molecule is N=C(C#Cc1ccccc1)c1cccc(Br)c1. The van der Waals surface area contributed by atoms with Gasteiger partial charge in [-0.15, -0.1) is 0 Å². The molecule has 0 fully saturated rings. The number of hydrogen-bond donors (Lipinski definition) is 1. The molecule has 2 aromatic carbocycles. The molecule has 0 aliphatic heterocycles. The molecule has 0 heterocycles. The monoisotopic (exact) mass is 283 g/mol. The Bertz CT molecular complexity index is 591. The number of nitrogens with one attached hydrogen (secondary N) is 1. The van der Waals surface area contributed by atoms with Gasteiger partial charge in [0, 0.05) is 15.6 Å². The first kappa shape index (κ1) is 11.6. The second-order valence-electron chi connectivity index (χ2n) is 3.50. The number of benzene rings is 2. The fourth-order valence-electron chi connectivity index (χ4n) is 1.37. The minimum Gasteiger partial charge on any atom is -0.291 e. The highest BCUT2D eigenvalue weighted by Crippen LogP contribution is 2.11. The maximum Gasteiger partial charge on any atom is 0.112 e. The van der Waals surface area contributed by atoms with Gasteiger partial charge in [-0.1, -0.05) is 52.2 Å². The van der Waals surface area contributed by atoms with Gasteiger partial charge in [0.15, 0.2) is 0 Å². The van der Waals surface area contributed by atoms with Crippen molar-refractivity contribution in [3.63, 3.8) is 0 Å². The highest BCUT2D eigenvalue weighted by Gasteiger charge is 1.97. The minimum absolute atomic E-state index is 0.329. The van der Waals surface area contributed by atoms with Crippen LogP contribution in [0.4, 0.5) is 0 Å². The van der Waals surface area contributed by atoms with Crippen LogP contribution in [-0.2, 0) is 0 Å². The second kappa shape index (κ2) is 5.47. The largest absolute Gasteiger partial charge is 0.291 e. The molecule has 0 spiro atoms. The fraction of sp³-hybridized carbons (Fsp3) is 0. The molecule has 0 amide bonds. The summed E-state index contributed by atoms with van der Waals surface area (Å²) < 4.78 is 0.960. The van der Waals surface area contributed by atoms with Crippen LogP contribution in [0.5, 0.6) is 0 Å². The Kier molecular flexibility index (Phi) is 3.74. The van der Waals surface area contributed by atoms with E-state index in [-0.39, 0.29) is 0 Å². The zero-order chi connectivity index (χ0) is 12.1. The van der Waals surface area contributed by atoms with Crippen LogP contribution in [0.25, 0.3) is 0 Å². The van der Waals surface area contributed by atoms with Crippen LogP contribution < -0.4 is 0 Å². The summed E-state index contributed by atoms with van der Waals surface area (Å²) >= 11 is 3.38. The van der Waals surface area contributed by atoms with Crippen LogP contribution in [0.1, 0.15) is 11.1 Å². The van der Waals surface area contributed by atoms with E-state index in [1.165, 1.54) is 0 Å². The molecule has 82 valence electrons. The molecule has 0 atom stereocenters. The van der Waals surface area contributed by atoms with Crippen LogP contribution in [0.2, 0.25) is 0 Å². The average Bonchev–Trinajstić information content (AvgIpc) is 2.37. The van der Waals surface area contributed by atoms with Crippen molar-refractivity contribution in [1.29, 1.82) is 5.41 Å². The van der Waals surface area contributed by atoms with Crippen molar-refractivity contribution < 1.29 is 0 Å². The van der Waals surface area contributed by atoms with Gasteiger partial charge in [-0.05, 0) is 30.2 Å². The normalized spacial score (nSPS) is 9.24. The van der Waals surface area contributed by atoms with Crippen molar-refractivity contribution >= 4 is 21.6 Å².